The maximum absolute atomic E-state index is 12.1. The van der Waals surface area contributed by atoms with E-state index in [0.717, 1.165) is 12.3 Å². The summed E-state index contributed by atoms with van der Waals surface area (Å²) in [7, 11) is -3.55. The van der Waals surface area contributed by atoms with Crippen molar-refractivity contribution in [3.63, 3.8) is 0 Å². The summed E-state index contributed by atoms with van der Waals surface area (Å²) in [6, 6.07) is 3.93. The Bertz CT molecular complexity index is 579. The Morgan fingerprint density at radius 1 is 1.29 bits per heavy atom. The van der Waals surface area contributed by atoms with E-state index in [4.69, 9.17) is 5.73 Å². The SMILES string of the molecule is CC1CCC(CCNS(=O)(=O)c2ccc(O)c(N)c2)CC1. The largest absolute Gasteiger partial charge is 0.506 e. The van der Waals surface area contributed by atoms with Crippen molar-refractivity contribution in [1.82, 2.24) is 4.72 Å². The number of nitrogens with two attached hydrogens (primary N) is 1. The number of aromatic hydroxyl groups is 1. The molecule has 0 radical (unpaired) electrons. The summed E-state index contributed by atoms with van der Waals surface area (Å²) < 4.78 is 26.9. The smallest absolute Gasteiger partial charge is 0.240 e. The summed E-state index contributed by atoms with van der Waals surface area (Å²) in [5.41, 5.74) is 5.60. The van der Waals surface area contributed by atoms with Gasteiger partial charge in [-0.2, -0.15) is 0 Å². The van der Waals surface area contributed by atoms with E-state index in [9.17, 15) is 13.5 Å². The molecular weight excluding hydrogens is 288 g/mol. The molecule has 0 aliphatic heterocycles. The Morgan fingerprint density at radius 2 is 1.95 bits per heavy atom. The predicted octanol–water partition coefficient (Wildman–Crippen LogP) is 2.47. The van der Waals surface area contributed by atoms with Crippen LogP contribution in [0.3, 0.4) is 0 Å². The molecular formula is C15H24N2O3S. The summed E-state index contributed by atoms with van der Waals surface area (Å²) >= 11 is 0. The van der Waals surface area contributed by atoms with Gasteiger partial charge in [0.1, 0.15) is 5.75 Å². The molecule has 6 heteroatoms. The highest BCUT2D eigenvalue weighted by atomic mass is 32.2. The van der Waals surface area contributed by atoms with Crippen LogP contribution >= 0.6 is 0 Å². The van der Waals surface area contributed by atoms with Gasteiger partial charge in [0.15, 0.2) is 0 Å². The highest BCUT2D eigenvalue weighted by Crippen LogP contribution is 2.30. The lowest BCUT2D eigenvalue weighted by molar-refractivity contribution is 0.278. The topological polar surface area (TPSA) is 92.4 Å². The third kappa shape index (κ3) is 4.35. The highest BCUT2D eigenvalue weighted by Gasteiger charge is 2.20. The molecule has 1 aromatic carbocycles. The molecule has 0 atom stereocenters. The van der Waals surface area contributed by atoms with E-state index in [0.29, 0.717) is 12.5 Å². The van der Waals surface area contributed by atoms with Crippen LogP contribution in [-0.4, -0.2) is 20.1 Å². The Kier molecular flexibility index (Phi) is 5.11. The Morgan fingerprint density at radius 3 is 2.57 bits per heavy atom. The number of nitrogen functional groups attached to an aromatic ring is 1. The van der Waals surface area contributed by atoms with Gasteiger partial charge in [-0.15, -0.1) is 0 Å². The van der Waals surface area contributed by atoms with Crippen molar-refractivity contribution in [2.24, 2.45) is 11.8 Å². The second-order valence-electron chi connectivity index (χ2n) is 6.03. The van der Waals surface area contributed by atoms with E-state index in [1.807, 2.05) is 0 Å². The van der Waals surface area contributed by atoms with Crippen LogP contribution in [0, 0.1) is 11.8 Å². The number of nitrogens with one attached hydrogen (secondary N) is 1. The number of phenolic OH excluding ortho intramolecular Hbond substituents is 1. The van der Waals surface area contributed by atoms with Gasteiger partial charge in [0.2, 0.25) is 10.0 Å². The number of hydrogen-bond donors (Lipinski definition) is 3. The molecule has 1 aliphatic rings. The van der Waals surface area contributed by atoms with Crippen LogP contribution in [0.25, 0.3) is 0 Å². The number of sulfonamides is 1. The Balaban J connectivity index is 1.88. The van der Waals surface area contributed by atoms with Gasteiger partial charge in [-0.3, -0.25) is 0 Å². The summed E-state index contributed by atoms with van der Waals surface area (Å²) in [5.74, 6) is 1.32. The Labute approximate surface area is 126 Å². The van der Waals surface area contributed by atoms with E-state index < -0.39 is 10.0 Å². The lowest BCUT2D eigenvalue weighted by Crippen LogP contribution is -2.27. The van der Waals surface area contributed by atoms with Crippen molar-refractivity contribution in [2.75, 3.05) is 12.3 Å². The number of anilines is 1. The molecule has 0 spiro atoms. The molecule has 1 saturated carbocycles. The van der Waals surface area contributed by atoms with Crippen LogP contribution in [0.15, 0.2) is 23.1 Å². The summed E-state index contributed by atoms with van der Waals surface area (Å²) in [6.45, 7) is 2.72. The molecule has 2 rings (SSSR count). The fraction of sp³-hybridized carbons (Fsp3) is 0.600. The second-order valence-corrected chi connectivity index (χ2v) is 7.80. The zero-order valence-corrected chi connectivity index (χ0v) is 13.2. The van der Waals surface area contributed by atoms with Crippen molar-refractivity contribution < 1.29 is 13.5 Å². The number of benzene rings is 1. The predicted molar refractivity (Wildman–Crippen MR) is 83.4 cm³/mol. The summed E-state index contributed by atoms with van der Waals surface area (Å²) in [6.07, 6.45) is 5.74. The molecule has 1 aliphatic carbocycles. The maximum Gasteiger partial charge on any atom is 0.240 e. The zero-order valence-electron chi connectivity index (χ0n) is 12.4. The van der Waals surface area contributed by atoms with Crippen LogP contribution in [0.2, 0.25) is 0 Å². The fourth-order valence-corrected chi connectivity index (χ4v) is 3.88. The average Bonchev–Trinajstić information content (AvgIpc) is 2.44. The molecule has 1 fully saturated rings. The van der Waals surface area contributed by atoms with Crippen molar-refractivity contribution in [3.05, 3.63) is 18.2 Å². The van der Waals surface area contributed by atoms with Gasteiger partial charge in [-0.05, 0) is 36.5 Å². The van der Waals surface area contributed by atoms with Gasteiger partial charge >= 0.3 is 0 Å². The first-order valence-electron chi connectivity index (χ1n) is 7.46. The van der Waals surface area contributed by atoms with Crippen molar-refractivity contribution in [3.8, 4) is 5.75 Å². The minimum Gasteiger partial charge on any atom is -0.506 e. The van der Waals surface area contributed by atoms with Crippen molar-refractivity contribution in [2.45, 2.75) is 43.9 Å². The molecule has 21 heavy (non-hydrogen) atoms. The van der Waals surface area contributed by atoms with E-state index >= 15 is 0 Å². The van der Waals surface area contributed by atoms with Gasteiger partial charge in [-0.1, -0.05) is 32.6 Å². The molecule has 0 aromatic heterocycles. The van der Waals surface area contributed by atoms with Crippen LogP contribution in [0.5, 0.6) is 5.75 Å². The van der Waals surface area contributed by atoms with E-state index in [2.05, 4.69) is 11.6 Å². The van der Waals surface area contributed by atoms with Gasteiger partial charge in [0.25, 0.3) is 0 Å². The first kappa shape index (κ1) is 16.1. The van der Waals surface area contributed by atoms with E-state index in [1.54, 1.807) is 0 Å². The first-order chi connectivity index (χ1) is 9.88. The van der Waals surface area contributed by atoms with E-state index in [1.165, 1.54) is 43.9 Å². The van der Waals surface area contributed by atoms with Gasteiger partial charge in [0.05, 0.1) is 10.6 Å². The first-order valence-corrected chi connectivity index (χ1v) is 8.95. The van der Waals surface area contributed by atoms with Crippen LogP contribution in [0.1, 0.15) is 39.0 Å². The lowest BCUT2D eigenvalue weighted by Gasteiger charge is -2.26. The standard InChI is InChI=1S/C15H24N2O3S/c1-11-2-4-12(5-3-11)8-9-17-21(19,20)13-6-7-15(18)14(16)10-13/h6-7,10-12,17-18H,2-5,8-9,16H2,1H3. The van der Waals surface area contributed by atoms with Crippen LogP contribution < -0.4 is 10.5 Å². The second kappa shape index (κ2) is 6.66. The lowest BCUT2D eigenvalue weighted by atomic mass is 9.81. The highest BCUT2D eigenvalue weighted by molar-refractivity contribution is 7.89. The van der Waals surface area contributed by atoms with Gasteiger partial charge in [-0.25, -0.2) is 13.1 Å². The van der Waals surface area contributed by atoms with Gasteiger partial charge in [0, 0.05) is 6.54 Å². The molecule has 5 nitrogen and oxygen atoms in total. The van der Waals surface area contributed by atoms with Crippen molar-refractivity contribution >= 4 is 15.7 Å². The molecule has 0 amide bonds. The third-order valence-electron chi connectivity index (χ3n) is 4.29. The molecule has 0 bridgehead atoms. The van der Waals surface area contributed by atoms with Crippen LogP contribution in [-0.2, 0) is 10.0 Å². The normalized spacial score (nSPS) is 23.1. The minimum atomic E-state index is -3.55. The maximum atomic E-state index is 12.1. The molecule has 118 valence electrons. The number of rotatable bonds is 5. The van der Waals surface area contributed by atoms with Crippen molar-refractivity contribution in [1.29, 1.82) is 0 Å². The van der Waals surface area contributed by atoms with E-state index in [-0.39, 0.29) is 16.3 Å². The molecule has 1 aromatic rings. The minimum absolute atomic E-state index is 0.0687. The summed E-state index contributed by atoms with van der Waals surface area (Å²) in [4.78, 5) is 0.0927. The monoisotopic (exact) mass is 312 g/mol. The quantitative estimate of drug-likeness (QED) is 0.575. The third-order valence-corrected chi connectivity index (χ3v) is 5.75. The molecule has 0 saturated heterocycles. The molecule has 0 unspecified atom stereocenters. The Hall–Kier alpha value is -1.27. The van der Waals surface area contributed by atoms with Crippen LogP contribution in [0.4, 0.5) is 5.69 Å². The van der Waals surface area contributed by atoms with Gasteiger partial charge < -0.3 is 10.8 Å². The molecule has 0 heterocycles. The average molecular weight is 312 g/mol. The fourth-order valence-electron chi connectivity index (χ4n) is 2.80. The number of hydrogen-bond acceptors (Lipinski definition) is 4. The number of phenols is 1. The zero-order chi connectivity index (χ0) is 15.5. The molecule has 4 N–H and O–H groups in total. The summed E-state index contributed by atoms with van der Waals surface area (Å²) in [5, 5.41) is 9.34.